The fourth-order valence-electron chi connectivity index (χ4n) is 2.95. The van der Waals surface area contributed by atoms with Crippen molar-refractivity contribution in [2.45, 2.75) is 65.6 Å². The van der Waals surface area contributed by atoms with Gasteiger partial charge in [0.25, 0.3) is 5.56 Å². The number of rotatable bonds is 7. The van der Waals surface area contributed by atoms with Crippen molar-refractivity contribution in [3.8, 4) is 0 Å². The predicted molar refractivity (Wildman–Crippen MR) is 90.3 cm³/mol. The summed E-state index contributed by atoms with van der Waals surface area (Å²) in [5.74, 6) is 0.927. The summed E-state index contributed by atoms with van der Waals surface area (Å²) in [6.45, 7) is 11.7. The van der Waals surface area contributed by atoms with Crippen molar-refractivity contribution in [1.29, 1.82) is 0 Å². The average Bonchev–Trinajstić information content (AvgIpc) is 2.95. The highest BCUT2D eigenvalue weighted by Gasteiger charge is 2.19. The second-order valence-electron chi connectivity index (χ2n) is 7.01. The van der Waals surface area contributed by atoms with E-state index >= 15 is 0 Å². The van der Waals surface area contributed by atoms with Gasteiger partial charge in [0.1, 0.15) is 0 Å². The van der Waals surface area contributed by atoms with Gasteiger partial charge in [-0.05, 0) is 37.3 Å². The molecule has 0 spiro atoms. The Labute approximate surface area is 133 Å². The Hall–Kier alpha value is -1.13. The van der Waals surface area contributed by atoms with E-state index in [1.165, 1.54) is 0 Å². The molecule has 0 bridgehead atoms. The maximum Gasteiger partial charge on any atom is 0.255 e. The standard InChI is InChI=1S/C18H30N2O2/c1-13(2)10-19-11-15-7-8-17(14(3)4)20(18(15)21)12-16-6-5-9-22-16/h7-8,13-14,16,19H,5-6,9-12H2,1-4H3. The molecule has 4 nitrogen and oxygen atoms in total. The van der Waals surface area contributed by atoms with Gasteiger partial charge in [-0.15, -0.1) is 0 Å². The van der Waals surface area contributed by atoms with Crippen LogP contribution in [-0.2, 0) is 17.8 Å². The van der Waals surface area contributed by atoms with E-state index in [0.717, 1.165) is 37.3 Å². The van der Waals surface area contributed by atoms with Crippen LogP contribution in [0.25, 0.3) is 0 Å². The van der Waals surface area contributed by atoms with E-state index < -0.39 is 0 Å². The molecule has 1 aliphatic heterocycles. The number of aromatic nitrogens is 1. The molecule has 124 valence electrons. The Bertz CT molecular complexity index is 528. The lowest BCUT2D eigenvalue weighted by molar-refractivity contribution is 0.0951. The minimum Gasteiger partial charge on any atom is -0.376 e. The summed E-state index contributed by atoms with van der Waals surface area (Å²) in [4.78, 5) is 12.8. The number of ether oxygens (including phenoxy) is 1. The molecule has 1 aliphatic rings. The lowest BCUT2D eigenvalue weighted by Gasteiger charge is -2.20. The van der Waals surface area contributed by atoms with Gasteiger partial charge in [0.05, 0.1) is 12.6 Å². The summed E-state index contributed by atoms with van der Waals surface area (Å²) in [6.07, 6.45) is 2.35. The van der Waals surface area contributed by atoms with Gasteiger partial charge in [0.15, 0.2) is 0 Å². The third-order valence-electron chi connectivity index (χ3n) is 4.16. The zero-order valence-electron chi connectivity index (χ0n) is 14.4. The molecule has 1 N–H and O–H groups in total. The molecule has 22 heavy (non-hydrogen) atoms. The van der Waals surface area contributed by atoms with Gasteiger partial charge in [0, 0.05) is 24.4 Å². The van der Waals surface area contributed by atoms with Crippen LogP contribution in [0.2, 0.25) is 0 Å². The highest BCUT2D eigenvalue weighted by atomic mass is 16.5. The first-order valence-electron chi connectivity index (χ1n) is 8.54. The summed E-state index contributed by atoms with van der Waals surface area (Å²) in [6, 6.07) is 4.09. The first-order valence-corrected chi connectivity index (χ1v) is 8.54. The lowest BCUT2D eigenvalue weighted by Crippen LogP contribution is -2.33. The van der Waals surface area contributed by atoms with E-state index in [0.29, 0.717) is 24.9 Å². The second-order valence-corrected chi connectivity index (χ2v) is 7.01. The zero-order valence-corrected chi connectivity index (χ0v) is 14.4. The predicted octanol–water partition coefficient (Wildman–Crippen LogP) is 2.90. The normalized spacial score (nSPS) is 18.5. The second kappa shape index (κ2) is 7.93. The molecular weight excluding hydrogens is 276 g/mol. The van der Waals surface area contributed by atoms with E-state index in [1.807, 2.05) is 10.6 Å². The van der Waals surface area contributed by atoms with Crippen LogP contribution in [0, 0.1) is 5.92 Å². The van der Waals surface area contributed by atoms with Crippen molar-refractivity contribution in [2.24, 2.45) is 5.92 Å². The summed E-state index contributed by atoms with van der Waals surface area (Å²) in [5, 5.41) is 3.37. The van der Waals surface area contributed by atoms with Crippen LogP contribution < -0.4 is 10.9 Å². The Morgan fingerprint density at radius 3 is 2.68 bits per heavy atom. The van der Waals surface area contributed by atoms with Crippen molar-refractivity contribution in [3.63, 3.8) is 0 Å². The molecule has 2 rings (SSSR count). The first kappa shape index (κ1) is 17.2. The van der Waals surface area contributed by atoms with E-state index in [9.17, 15) is 4.79 Å². The van der Waals surface area contributed by atoms with Crippen molar-refractivity contribution in [2.75, 3.05) is 13.2 Å². The summed E-state index contributed by atoms with van der Waals surface area (Å²) in [7, 11) is 0. The van der Waals surface area contributed by atoms with Crippen LogP contribution in [0.1, 0.15) is 57.7 Å². The fourth-order valence-corrected chi connectivity index (χ4v) is 2.95. The SMILES string of the molecule is CC(C)CNCc1ccc(C(C)C)n(CC2CCCO2)c1=O. The van der Waals surface area contributed by atoms with Gasteiger partial charge in [-0.1, -0.05) is 33.8 Å². The van der Waals surface area contributed by atoms with Gasteiger partial charge < -0.3 is 14.6 Å². The number of nitrogens with zero attached hydrogens (tertiary/aromatic N) is 1. The van der Waals surface area contributed by atoms with Crippen molar-refractivity contribution >= 4 is 0 Å². The molecule has 0 aliphatic carbocycles. The molecule has 1 aromatic rings. The van der Waals surface area contributed by atoms with Crippen molar-refractivity contribution in [1.82, 2.24) is 9.88 Å². The smallest absolute Gasteiger partial charge is 0.255 e. The largest absolute Gasteiger partial charge is 0.376 e. The van der Waals surface area contributed by atoms with E-state index in [1.54, 1.807) is 0 Å². The maximum absolute atomic E-state index is 12.8. The minimum atomic E-state index is 0.137. The highest BCUT2D eigenvalue weighted by Crippen LogP contribution is 2.18. The first-order chi connectivity index (χ1) is 10.5. The highest BCUT2D eigenvalue weighted by molar-refractivity contribution is 5.18. The van der Waals surface area contributed by atoms with E-state index in [-0.39, 0.29) is 11.7 Å². The zero-order chi connectivity index (χ0) is 16.1. The third kappa shape index (κ3) is 4.43. The summed E-state index contributed by atoms with van der Waals surface area (Å²) < 4.78 is 7.66. The third-order valence-corrected chi connectivity index (χ3v) is 4.16. The topological polar surface area (TPSA) is 43.3 Å². The van der Waals surface area contributed by atoms with Gasteiger partial charge in [-0.25, -0.2) is 0 Å². The summed E-state index contributed by atoms with van der Waals surface area (Å²) in [5.41, 5.74) is 2.09. The van der Waals surface area contributed by atoms with Crippen molar-refractivity contribution in [3.05, 3.63) is 33.7 Å². The van der Waals surface area contributed by atoms with Gasteiger partial charge in [0.2, 0.25) is 0 Å². The summed E-state index contributed by atoms with van der Waals surface area (Å²) >= 11 is 0. The molecule has 1 atom stereocenters. The fraction of sp³-hybridized carbons (Fsp3) is 0.722. The molecule has 1 aromatic heterocycles. The molecule has 1 fully saturated rings. The molecule has 0 radical (unpaired) electrons. The van der Waals surface area contributed by atoms with Crippen LogP contribution >= 0.6 is 0 Å². The van der Waals surface area contributed by atoms with Crippen LogP contribution in [0.3, 0.4) is 0 Å². The lowest BCUT2D eigenvalue weighted by atomic mass is 10.1. The molecule has 0 amide bonds. The average molecular weight is 306 g/mol. The maximum atomic E-state index is 12.8. The number of pyridine rings is 1. The quantitative estimate of drug-likeness (QED) is 0.842. The molecule has 0 saturated carbocycles. The Kier molecular flexibility index (Phi) is 6.21. The van der Waals surface area contributed by atoms with E-state index in [2.05, 4.69) is 39.1 Å². The van der Waals surface area contributed by atoms with Gasteiger partial charge in [-0.3, -0.25) is 4.79 Å². The molecule has 0 aromatic carbocycles. The number of nitrogens with one attached hydrogen (secondary N) is 1. The Balaban J connectivity index is 2.20. The van der Waals surface area contributed by atoms with Crippen LogP contribution in [-0.4, -0.2) is 23.8 Å². The van der Waals surface area contributed by atoms with E-state index in [4.69, 9.17) is 4.74 Å². The molecule has 1 saturated heterocycles. The number of hydrogen-bond donors (Lipinski definition) is 1. The van der Waals surface area contributed by atoms with Gasteiger partial charge in [-0.2, -0.15) is 0 Å². The van der Waals surface area contributed by atoms with Crippen LogP contribution in [0.5, 0.6) is 0 Å². The molecule has 2 heterocycles. The minimum absolute atomic E-state index is 0.137. The Morgan fingerprint density at radius 1 is 1.32 bits per heavy atom. The monoisotopic (exact) mass is 306 g/mol. The molecule has 4 heteroatoms. The number of hydrogen-bond acceptors (Lipinski definition) is 3. The van der Waals surface area contributed by atoms with Crippen molar-refractivity contribution < 1.29 is 4.74 Å². The Morgan fingerprint density at radius 2 is 2.09 bits per heavy atom. The van der Waals surface area contributed by atoms with Crippen LogP contribution in [0.4, 0.5) is 0 Å². The molecular formula is C18H30N2O2. The van der Waals surface area contributed by atoms with Crippen LogP contribution in [0.15, 0.2) is 16.9 Å². The molecule has 1 unspecified atom stereocenters. The van der Waals surface area contributed by atoms with Gasteiger partial charge >= 0.3 is 0 Å².